The first kappa shape index (κ1) is 14.9. The van der Waals surface area contributed by atoms with Crippen molar-refractivity contribution in [1.29, 1.82) is 0 Å². The maximum absolute atomic E-state index is 11.6. The normalized spacial score (nSPS) is 19.6. The molecule has 1 atom stereocenters. The summed E-state index contributed by atoms with van der Waals surface area (Å²) in [6.07, 6.45) is -0.365. The SMILES string of the molecule is NC(=O)NC(=O)CCN1CCNC(=O)C1CC(=O)O. The monoisotopic (exact) mass is 272 g/mol. The van der Waals surface area contributed by atoms with Gasteiger partial charge in [-0.2, -0.15) is 0 Å². The fourth-order valence-electron chi connectivity index (χ4n) is 1.86. The van der Waals surface area contributed by atoms with Crippen LogP contribution in [0.2, 0.25) is 0 Å². The van der Waals surface area contributed by atoms with E-state index in [1.54, 1.807) is 4.90 Å². The molecule has 0 saturated carbocycles. The number of hydrogen-bond donors (Lipinski definition) is 4. The van der Waals surface area contributed by atoms with Crippen LogP contribution in [-0.4, -0.2) is 59.5 Å². The first-order chi connectivity index (χ1) is 8.90. The number of nitrogens with one attached hydrogen (secondary N) is 2. The summed E-state index contributed by atoms with van der Waals surface area (Å²) in [5.74, 6) is -2.02. The molecule has 9 nitrogen and oxygen atoms in total. The molecule has 19 heavy (non-hydrogen) atoms. The molecule has 9 heteroatoms. The van der Waals surface area contributed by atoms with E-state index in [0.717, 1.165) is 0 Å². The number of piperazine rings is 1. The topological polar surface area (TPSA) is 142 Å². The molecule has 0 aromatic carbocycles. The van der Waals surface area contributed by atoms with E-state index < -0.39 is 23.9 Å². The lowest BCUT2D eigenvalue weighted by Crippen LogP contribution is -2.56. The highest BCUT2D eigenvalue weighted by Crippen LogP contribution is 2.09. The minimum atomic E-state index is -1.09. The van der Waals surface area contributed by atoms with Crippen molar-refractivity contribution in [3.8, 4) is 0 Å². The van der Waals surface area contributed by atoms with Crippen molar-refractivity contribution in [1.82, 2.24) is 15.5 Å². The Morgan fingerprint density at radius 3 is 2.74 bits per heavy atom. The molecule has 1 fully saturated rings. The molecule has 0 aliphatic carbocycles. The van der Waals surface area contributed by atoms with E-state index >= 15 is 0 Å². The average Bonchev–Trinajstić information content (AvgIpc) is 2.28. The van der Waals surface area contributed by atoms with E-state index in [1.807, 2.05) is 5.32 Å². The molecule has 1 rings (SSSR count). The van der Waals surface area contributed by atoms with Gasteiger partial charge in [-0.3, -0.25) is 24.6 Å². The summed E-state index contributed by atoms with van der Waals surface area (Å²) in [6, 6.07) is -1.74. The second kappa shape index (κ2) is 6.69. The molecule has 1 saturated heterocycles. The minimum absolute atomic E-state index is 0.0354. The van der Waals surface area contributed by atoms with Gasteiger partial charge in [-0.15, -0.1) is 0 Å². The number of aliphatic carboxylic acids is 1. The van der Waals surface area contributed by atoms with Crippen LogP contribution in [-0.2, 0) is 14.4 Å². The second-order valence-corrected chi connectivity index (χ2v) is 4.10. The summed E-state index contributed by atoms with van der Waals surface area (Å²) in [7, 11) is 0. The number of nitrogens with zero attached hydrogens (tertiary/aromatic N) is 1. The fourth-order valence-corrected chi connectivity index (χ4v) is 1.86. The third-order valence-corrected chi connectivity index (χ3v) is 2.70. The third-order valence-electron chi connectivity index (χ3n) is 2.70. The van der Waals surface area contributed by atoms with Crippen LogP contribution in [0.15, 0.2) is 0 Å². The van der Waals surface area contributed by atoms with Crippen LogP contribution in [0.5, 0.6) is 0 Å². The van der Waals surface area contributed by atoms with Crippen LogP contribution in [0, 0.1) is 0 Å². The summed E-state index contributed by atoms with van der Waals surface area (Å²) >= 11 is 0. The van der Waals surface area contributed by atoms with E-state index in [0.29, 0.717) is 13.1 Å². The molecule has 1 heterocycles. The molecule has 0 bridgehead atoms. The molecule has 0 aromatic rings. The van der Waals surface area contributed by atoms with E-state index in [2.05, 4.69) is 5.32 Å². The first-order valence-electron chi connectivity index (χ1n) is 5.73. The summed E-state index contributed by atoms with van der Waals surface area (Å²) in [6.45, 7) is 1.03. The van der Waals surface area contributed by atoms with Crippen LogP contribution < -0.4 is 16.4 Å². The van der Waals surface area contributed by atoms with Gasteiger partial charge in [0.25, 0.3) is 0 Å². The van der Waals surface area contributed by atoms with Crippen molar-refractivity contribution in [2.45, 2.75) is 18.9 Å². The van der Waals surface area contributed by atoms with Crippen LogP contribution >= 0.6 is 0 Å². The van der Waals surface area contributed by atoms with Crippen LogP contribution in [0.4, 0.5) is 4.79 Å². The number of primary amides is 1. The number of rotatable bonds is 5. The quantitative estimate of drug-likeness (QED) is 0.449. The van der Waals surface area contributed by atoms with Gasteiger partial charge in [0.15, 0.2) is 0 Å². The number of carbonyl (C=O) groups excluding carboxylic acids is 3. The molecule has 1 aliphatic rings. The number of urea groups is 1. The lowest BCUT2D eigenvalue weighted by molar-refractivity contribution is -0.143. The number of carboxylic acid groups (broad SMARTS) is 1. The zero-order valence-electron chi connectivity index (χ0n) is 10.2. The molecule has 106 valence electrons. The third kappa shape index (κ3) is 4.92. The Bertz CT molecular complexity index is 397. The molecule has 0 aromatic heterocycles. The molecule has 1 aliphatic heterocycles. The molecule has 5 N–H and O–H groups in total. The highest BCUT2D eigenvalue weighted by molar-refractivity contribution is 5.93. The highest BCUT2D eigenvalue weighted by Gasteiger charge is 2.31. The predicted octanol–water partition coefficient (Wildman–Crippen LogP) is -2.15. The van der Waals surface area contributed by atoms with Crippen LogP contribution in [0.3, 0.4) is 0 Å². The van der Waals surface area contributed by atoms with Gasteiger partial charge in [-0.25, -0.2) is 4.79 Å². The van der Waals surface area contributed by atoms with Gasteiger partial charge in [0, 0.05) is 26.1 Å². The second-order valence-electron chi connectivity index (χ2n) is 4.10. The molecule has 4 amide bonds. The predicted molar refractivity (Wildman–Crippen MR) is 63.0 cm³/mol. The Kier molecular flexibility index (Phi) is 5.24. The van der Waals surface area contributed by atoms with Crippen molar-refractivity contribution < 1.29 is 24.3 Å². The zero-order chi connectivity index (χ0) is 14.4. The molecule has 1 unspecified atom stereocenters. The van der Waals surface area contributed by atoms with E-state index in [1.165, 1.54) is 0 Å². The van der Waals surface area contributed by atoms with Gasteiger partial charge < -0.3 is 16.2 Å². The highest BCUT2D eigenvalue weighted by atomic mass is 16.4. The van der Waals surface area contributed by atoms with E-state index in [9.17, 15) is 19.2 Å². The molecular formula is C10H16N4O5. The van der Waals surface area contributed by atoms with Gasteiger partial charge >= 0.3 is 12.0 Å². The first-order valence-corrected chi connectivity index (χ1v) is 5.73. The molecule has 0 radical (unpaired) electrons. The fraction of sp³-hybridized carbons (Fsp3) is 0.600. The smallest absolute Gasteiger partial charge is 0.318 e. The van der Waals surface area contributed by atoms with Gasteiger partial charge in [0.05, 0.1) is 12.5 Å². The maximum Gasteiger partial charge on any atom is 0.318 e. The van der Waals surface area contributed by atoms with Crippen LogP contribution in [0.25, 0.3) is 0 Å². The lowest BCUT2D eigenvalue weighted by atomic mass is 10.1. The van der Waals surface area contributed by atoms with E-state index in [4.69, 9.17) is 10.8 Å². The van der Waals surface area contributed by atoms with Gasteiger partial charge in [-0.05, 0) is 0 Å². The van der Waals surface area contributed by atoms with Gasteiger partial charge in [0.2, 0.25) is 11.8 Å². The number of amides is 4. The molecular weight excluding hydrogens is 256 g/mol. The number of carboxylic acids is 1. The van der Waals surface area contributed by atoms with E-state index in [-0.39, 0.29) is 25.3 Å². The van der Waals surface area contributed by atoms with Gasteiger partial charge in [0.1, 0.15) is 0 Å². The largest absolute Gasteiger partial charge is 0.481 e. The Morgan fingerprint density at radius 2 is 2.16 bits per heavy atom. The van der Waals surface area contributed by atoms with Crippen molar-refractivity contribution in [2.75, 3.05) is 19.6 Å². The van der Waals surface area contributed by atoms with Crippen molar-refractivity contribution in [3.05, 3.63) is 0 Å². The Morgan fingerprint density at radius 1 is 1.47 bits per heavy atom. The van der Waals surface area contributed by atoms with Crippen molar-refractivity contribution in [3.63, 3.8) is 0 Å². The van der Waals surface area contributed by atoms with Gasteiger partial charge in [-0.1, -0.05) is 0 Å². The number of nitrogens with two attached hydrogens (primary N) is 1. The summed E-state index contributed by atoms with van der Waals surface area (Å²) in [4.78, 5) is 45.6. The average molecular weight is 272 g/mol. The standard InChI is InChI=1S/C10H16N4O5/c11-10(19)13-7(15)1-3-14-4-2-12-9(18)6(14)5-8(16)17/h6H,1-5H2,(H,12,18)(H,16,17)(H3,11,13,15,19). The number of hydrogen-bond acceptors (Lipinski definition) is 5. The summed E-state index contributed by atoms with van der Waals surface area (Å²) in [5, 5.41) is 13.2. The maximum atomic E-state index is 11.6. The minimum Gasteiger partial charge on any atom is -0.481 e. The number of carbonyl (C=O) groups is 4. The summed E-state index contributed by atoms with van der Waals surface area (Å²) < 4.78 is 0. The van der Waals surface area contributed by atoms with Crippen LogP contribution in [0.1, 0.15) is 12.8 Å². The Balaban J connectivity index is 2.53. The van der Waals surface area contributed by atoms with Crippen molar-refractivity contribution in [2.24, 2.45) is 5.73 Å². The lowest BCUT2D eigenvalue weighted by Gasteiger charge is -2.33. The zero-order valence-corrected chi connectivity index (χ0v) is 10.2. The Hall–Kier alpha value is -2.16. The molecule has 0 spiro atoms. The number of imide groups is 1. The van der Waals surface area contributed by atoms with Crippen molar-refractivity contribution >= 4 is 23.8 Å². The Labute approximate surface area is 109 Å². The summed E-state index contributed by atoms with van der Waals surface area (Å²) in [5.41, 5.74) is 4.79.